The van der Waals surface area contributed by atoms with Crippen LogP contribution in [-0.2, 0) is 0 Å². The Labute approximate surface area is 130 Å². The normalized spacial score (nSPS) is 10.5. The number of nitrogens with zero attached hydrogens (tertiary/aromatic N) is 1. The molecule has 1 N–H and O–H groups in total. The minimum Gasteiger partial charge on any atom is -0.493 e. The summed E-state index contributed by atoms with van der Waals surface area (Å²) in [5, 5.41) is 4.25. The van der Waals surface area contributed by atoms with Gasteiger partial charge in [0, 0.05) is 5.56 Å². The third kappa shape index (κ3) is 3.49. The predicted molar refractivity (Wildman–Crippen MR) is 88.5 cm³/mol. The molecular formula is C17H20N2O3. The SMILES string of the molecule is COc1cc(/C=N\Nc2ccccc2C)cc(OC)c1OC. The number of para-hydroxylation sites is 1. The van der Waals surface area contributed by atoms with Gasteiger partial charge in [-0.2, -0.15) is 5.10 Å². The van der Waals surface area contributed by atoms with E-state index in [4.69, 9.17) is 14.2 Å². The number of benzene rings is 2. The molecule has 116 valence electrons. The first-order chi connectivity index (χ1) is 10.7. The lowest BCUT2D eigenvalue weighted by Crippen LogP contribution is -1.98. The fourth-order valence-electron chi connectivity index (χ4n) is 2.05. The molecule has 0 fully saturated rings. The highest BCUT2D eigenvalue weighted by Crippen LogP contribution is 2.37. The molecule has 0 aliphatic heterocycles. The van der Waals surface area contributed by atoms with Crippen molar-refractivity contribution in [3.8, 4) is 17.2 Å². The highest BCUT2D eigenvalue weighted by Gasteiger charge is 2.12. The van der Waals surface area contributed by atoms with Gasteiger partial charge >= 0.3 is 0 Å². The maximum absolute atomic E-state index is 5.32. The molecular weight excluding hydrogens is 280 g/mol. The molecule has 0 radical (unpaired) electrons. The van der Waals surface area contributed by atoms with E-state index < -0.39 is 0 Å². The van der Waals surface area contributed by atoms with Crippen molar-refractivity contribution in [3.05, 3.63) is 47.5 Å². The molecule has 2 rings (SSSR count). The third-order valence-corrected chi connectivity index (χ3v) is 3.23. The first-order valence-corrected chi connectivity index (χ1v) is 6.84. The number of hydrogen-bond donors (Lipinski definition) is 1. The van der Waals surface area contributed by atoms with Crippen LogP contribution in [0.3, 0.4) is 0 Å². The third-order valence-electron chi connectivity index (χ3n) is 3.23. The largest absolute Gasteiger partial charge is 0.493 e. The topological polar surface area (TPSA) is 52.1 Å². The van der Waals surface area contributed by atoms with Crippen LogP contribution in [-0.4, -0.2) is 27.5 Å². The zero-order valence-corrected chi connectivity index (χ0v) is 13.2. The van der Waals surface area contributed by atoms with Gasteiger partial charge in [0.2, 0.25) is 5.75 Å². The summed E-state index contributed by atoms with van der Waals surface area (Å²) in [6.45, 7) is 2.03. The Morgan fingerprint density at radius 2 is 1.59 bits per heavy atom. The zero-order valence-electron chi connectivity index (χ0n) is 13.2. The van der Waals surface area contributed by atoms with E-state index in [1.807, 2.05) is 43.3 Å². The molecule has 0 spiro atoms. The summed E-state index contributed by atoms with van der Waals surface area (Å²) in [4.78, 5) is 0. The monoisotopic (exact) mass is 300 g/mol. The van der Waals surface area contributed by atoms with E-state index in [1.54, 1.807) is 27.5 Å². The second kappa shape index (κ2) is 7.36. The average Bonchev–Trinajstić information content (AvgIpc) is 2.55. The molecule has 0 bridgehead atoms. The van der Waals surface area contributed by atoms with Gasteiger partial charge in [-0.05, 0) is 30.7 Å². The molecule has 0 unspecified atom stereocenters. The van der Waals surface area contributed by atoms with E-state index in [0.717, 1.165) is 16.8 Å². The van der Waals surface area contributed by atoms with Crippen molar-refractivity contribution in [3.63, 3.8) is 0 Å². The van der Waals surface area contributed by atoms with E-state index in [-0.39, 0.29) is 0 Å². The zero-order chi connectivity index (χ0) is 15.9. The smallest absolute Gasteiger partial charge is 0.203 e. The summed E-state index contributed by atoms with van der Waals surface area (Å²) in [6, 6.07) is 11.6. The van der Waals surface area contributed by atoms with E-state index in [9.17, 15) is 0 Å². The first kappa shape index (κ1) is 15.7. The van der Waals surface area contributed by atoms with Gasteiger partial charge in [0.15, 0.2) is 11.5 Å². The van der Waals surface area contributed by atoms with Gasteiger partial charge in [-0.1, -0.05) is 18.2 Å². The van der Waals surface area contributed by atoms with E-state index >= 15 is 0 Å². The highest BCUT2D eigenvalue weighted by molar-refractivity contribution is 5.83. The number of aryl methyl sites for hydroxylation is 1. The lowest BCUT2D eigenvalue weighted by Gasteiger charge is -2.12. The molecule has 22 heavy (non-hydrogen) atoms. The van der Waals surface area contributed by atoms with Crippen molar-refractivity contribution in [1.82, 2.24) is 0 Å². The minimum absolute atomic E-state index is 0.564. The summed E-state index contributed by atoms with van der Waals surface area (Å²) >= 11 is 0. The second-order valence-corrected chi connectivity index (χ2v) is 4.64. The molecule has 0 aliphatic rings. The van der Waals surface area contributed by atoms with Gasteiger partial charge in [0.05, 0.1) is 33.2 Å². The number of hydrogen-bond acceptors (Lipinski definition) is 5. The number of ether oxygens (including phenoxy) is 3. The summed E-state index contributed by atoms with van der Waals surface area (Å²) in [6.07, 6.45) is 1.71. The Hall–Kier alpha value is -2.69. The second-order valence-electron chi connectivity index (χ2n) is 4.64. The lowest BCUT2D eigenvalue weighted by molar-refractivity contribution is 0.324. The van der Waals surface area contributed by atoms with Gasteiger partial charge < -0.3 is 14.2 Å². The van der Waals surface area contributed by atoms with Crippen LogP contribution in [0.4, 0.5) is 5.69 Å². The molecule has 0 aromatic heterocycles. The predicted octanol–water partition coefficient (Wildman–Crippen LogP) is 3.47. The maximum Gasteiger partial charge on any atom is 0.203 e. The van der Waals surface area contributed by atoms with Crippen LogP contribution in [0.15, 0.2) is 41.5 Å². The highest BCUT2D eigenvalue weighted by atomic mass is 16.5. The fourth-order valence-corrected chi connectivity index (χ4v) is 2.05. The van der Waals surface area contributed by atoms with Gasteiger partial charge in [0.1, 0.15) is 0 Å². The van der Waals surface area contributed by atoms with E-state index in [0.29, 0.717) is 17.2 Å². The first-order valence-electron chi connectivity index (χ1n) is 6.84. The Kier molecular flexibility index (Phi) is 5.25. The summed E-state index contributed by atoms with van der Waals surface area (Å²) in [5.74, 6) is 1.76. The van der Waals surface area contributed by atoms with Crippen molar-refractivity contribution in [1.29, 1.82) is 0 Å². The molecule has 0 aliphatic carbocycles. The molecule has 0 saturated carbocycles. The van der Waals surface area contributed by atoms with Gasteiger partial charge in [-0.3, -0.25) is 5.43 Å². The number of hydrazone groups is 1. The lowest BCUT2D eigenvalue weighted by atomic mass is 10.2. The molecule has 0 heterocycles. The van der Waals surface area contributed by atoms with Crippen molar-refractivity contribution >= 4 is 11.9 Å². The summed E-state index contributed by atoms with van der Waals surface area (Å²) in [5.41, 5.74) is 5.96. The molecule has 0 saturated heterocycles. The average molecular weight is 300 g/mol. The molecule has 0 amide bonds. The van der Waals surface area contributed by atoms with Crippen LogP contribution >= 0.6 is 0 Å². The van der Waals surface area contributed by atoms with Crippen LogP contribution in [0.2, 0.25) is 0 Å². The molecule has 5 nitrogen and oxygen atoms in total. The number of methoxy groups -OCH3 is 3. The van der Waals surface area contributed by atoms with Crippen LogP contribution in [0.5, 0.6) is 17.2 Å². The van der Waals surface area contributed by atoms with Gasteiger partial charge in [-0.15, -0.1) is 0 Å². The molecule has 5 heteroatoms. The fraction of sp³-hybridized carbons (Fsp3) is 0.235. The van der Waals surface area contributed by atoms with Crippen molar-refractivity contribution in [2.24, 2.45) is 5.10 Å². The number of nitrogens with one attached hydrogen (secondary N) is 1. The number of rotatable bonds is 6. The van der Waals surface area contributed by atoms with Crippen molar-refractivity contribution < 1.29 is 14.2 Å². The number of anilines is 1. The van der Waals surface area contributed by atoms with Crippen LogP contribution in [0.1, 0.15) is 11.1 Å². The van der Waals surface area contributed by atoms with Crippen LogP contribution in [0.25, 0.3) is 0 Å². The minimum atomic E-state index is 0.564. The Morgan fingerprint density at radius 1 is 0.955 bits per heavy atom. The van der Waals surface area contributed by atoms with Gasteiger partial charge in [-0.25, -0.2) is 0 Å². The molecule has 2 aromatic carbocycles. The summed E-state index contributed by atoms with van der Waals surface area (Å²) < 4.78 is 15.9. The quantitative estimate of drug-likeness (QED) is 0.655. The maximum atomic E-state index is 5.32. The van der Waals surface area contributed by atoms with Crippen LogP contribution in [0, 0.1) is 6.92 Å². The van der Waals surface area contributed by atoms with E-state index in [1.165, 1.54) is 0 Å². The van der Waals surface area contributed by atoms with Crippen molar-refractivity contribution in [2.75, 3.05) is 26.8 Å². The molecule has 2 aromatic rings. The van der Waals surface area contributed by atoms with Crippen LogP contribution < -0.4 is 19.6 Å². The Balaban J connectivity index is 2.22. The molecule has 0 atom stereocenters. The van der Waals surface area contributed by atoms with Crippen molar-refractivity contribution in [2.45, 2.75) is 6.92 Å². The van der Waals surface area contributed by atoms with E-state index in [2.05, 4.69) is 10.5 Å². The Bertz CT molecular complexity index is 644. The summed E-state index contributed by atoms with van der Waals surface area (Å²) in [7, 11) is 4.75. The van der Waals surface area contributed by atoms with Gasteiger partial charge in [0.25, 0.3) is 0 Å². The standard InChI is InChI=1S/C17H20N2O3/c1-12-7-5-6-8-14(12)19-18-11-13-9-15(20-2)17(22-4)16(10-13)21-3/h5-11,19H,1-4H3/b18-11-. The Morgan fingerprint density at radius 3 is 2.14 bits per heavy atom.